The third-order valence-corrected chi connectivity index (χ3v) is 8.78. The quantitative estimate of drug-likeness (QED) is 0.367. The highest BCUT2D eigenvalue weighted by Crippen LogP contribution is 2.57. The fourth-order valence-electron chi connectivity index (χ4n) is 6.67. The molecule has 0 atom stereocenters. The lowest BCUT2D eigenvalue weighted by Crippen LogP contribution is -2.36. The van der Waals surface area contributed by atoms with E-state index in [0.717, 1.165) is 6.42 Å². The maximum absolute atomic E-state index is 2.49. The summed E-state index contributed by atoms with van der Waals surface area (Å²) in [7, 11) is 0. The highest BCUT2D eigenvalue weighted by molar-refractivity contribution is 5.86. The van der Waals surface area contributed by atoms with Gasteiger partial charge in [-0.25, -0.2) is 0 Å². The molecule has 0 bridgehead atoms. The van der Waals surface area contributed by atoms with Crippen molar-refractivity contribution in [3.63, 3.8) is 0 Å². The molecule has 0 heteroatoms. The van der Waals surface area contributed by atoms with Gasteiger partial charge in [0.2, 0.25) is 0 Å². The van der Waals surface area contributed by atoms with E-state index in [4.69, 9.17) is 0 Å². The van der Waals surface area contributed by atoms with E-state index >= 15 is 0 Å². The lowest BCUT2D eigenvalue weighted by molar-refractivity contribution is 0.330. The highest BCUT2D eigenvalue weighted by Gasteiger charge is 2.45. The number of benzene rings is 2. The Bertz CT molecular complexity index is 943. The Labute approximate surface area is 178 Å². The summed E-state index contributed by atoms with van der Waals surface area (Å²) in [5.74, 6) is 0. The molecule has 0 saturated heterocycles. The minimum atomic E-state index is 0.245. The molecular weight excluding hydrogens is 348 g/mol. The SMILES string of the molecule is CC1(C)CCC(C)(C)c2c1ccc1c2-c2c(ccc3c2C(C)(C)CCC3(C)C)C1. The van der Waals surface area contributed by atoms with Crippen molar-refractivity contribution in [2.45, 2.75) is 109 Å². The van der Waals surface area contributed by atoms with Crippen molar-refractivity contribution in [2.24, 2.45) is 0 Å². The van der Waals surface area contributed by atoms with Crippen LogP contribution in [0.4, 0.5) is 0 Å². The monoisotopic (exact) mass is 386 g/mol. The molecule has 0 N–H and O–H groups in total. The Morgan fingerprint density at radius 1 is 0.483 bits per heavy atom. The largest absolute Gasteiger partial charge is 0.0579 e. The average Bonchev–Trinajstić information content (AvgIpc) is 3.00. The van der Waals surface area contributed by atoms with Gasteiger partial charge in [-0.2, -0.15) is 0 Å². The fourth-order valence-corrected chi connectivity index (χ4v) is 6.67. The maximum Gasteiger partial charge on any atom is -0.00132 e. The molecule has 0 fully saturated rings. The van der Waals surface area contributed by atoms with Gasteiger partial charge in [0.25, 0.3) is 0 Å². The van der Waals surface area contributed by atoms with Crippen LogP contribution in [0.2, 0.25) is 0 Å². The number of hydrogen-bond donors (Lipinski definition) is 0. The molecule has 154 valence electrons. The van der Waals surface area contributed by atoms with Crippen LogP contribution < -0.4 is 0 Å². The standard InChI is InChI=1S/C29H38/c1-26(2)13-15-28(5,6)24-20(26)11-9-18-17-19-10-12-21-25(23(19)22(18)24)29(7,8)16-14-27(21,3)4/h9-12H,13-17H2,1-8H3. The van der Waals surface area contributed by atoms with Crippen molar-refractivity contribution < 1.29 is 0 Å². The van der Waals surface area contributed by atoms with Gasteiger partial charge in [0.1, 0.15) is 0 Å². The Morgan fingerprint density at radius 2 is 0.828 bits per heavy atom. The number of fused-ring (bicyclic) bond motifs is 7. The molecule has 0 heterocycles. The molecule has 0 saturated carbocycles. The van der Waals surface area contributed by atoms with E-state index < -0.39 is 0 Å². The molecule has 0 radical (unpaired) electrons. The molecule has 0 nitrogen and oxygen atoms in total. The second kappa shape index (κ2) is 5.57. The number of hydrogen-bond acceptors (Lipinski definition) is 0. The minimum Gasteiger partial charge on any atom is -0.0579 e. The minimum absolute atomic E-state index is 0.245. The lowest BCUT2D eigenvalue weighted by Gasteiger charge is -2.45. The van der Waals surface area contributed by atoms with E-state index in [1.807, 2.05) is 0 Å². The molecule has 0 spiro atoms. The highest BCUT2D eigenvalue weighted by atomic mass is 14.5. The topological polar surface area (TPSA) is 0 Å². The molecule has 0 amide bonds. The summed E-state index contributed by atoms with van der Waals surface area (Å²) in [5, 5.41) is 0. The first kappa shape index (κ1) is 19.4. The zero-order chi connectivity index (χ0) is 21.0. The van der Waals surface area contributed by atoms with Crippen LogP contribution in [0.25, 0.3) is 11.1 Å². The van der Waals surface area contributed by atoms with Crippen molar-refractivity contribution in [2.75, 3.05) is 0 Å². The summed E-state index contributed by atoms with van der Waals surface area (Å²) in [6.07, 6.45) is 6.23. The van der Waals surface area contributed by atoms with Crippen molar-refractivity contribution in [1.82, 2.24) is 0 Å². The third kappa shape index (κ3) is 2.57. The zero-order valence-electron chi connectivity index (χ0n) is 19.8. The Balaban J connectivity index is 1.90. The van der Waals surface area contributed by atoms with Gasteiger partial charge in [-0.15, -0.1) is 0 Å². The van der Waals surface area contributed by atoms with Crippen molar-refractivity contribution in [3.05, 3.63) is 57.6 Å². The summed E-state index contributed by atoms with van der Waals surface area (Å²) in [6, 6.07) is 9.88. The van der Waals surface area contributed by atoms with Gasteiger partial charge in [0, 0.05) is 0 Å². The molecular formula is C29H38. The van der Waals surface area contributed by atoms with E-state index in [1.165, 1.54) is 25.7 Å². The Morgan fingerprint density at radius 3 is 1.21 bits per heavy atom. The maximum atomic E-state index is 2.49. The smallest absolute Gasteiger partial charge is 0.00132 e. The molecule has 29 heavy (non-hydrogen) atoms. The number of rotatable bonds is 0. The van der Waals surface area contributed by atoms with Gasteiger partial charge in [-0.3, -0.25) is 0 Å². The van der Waals surface area contributed by atoms with Gasteiger partial charge in [-0.05, 0) is 98.3 Å². The second-order valence-corrected chi connectivity index (χ2v) is 12.8. The van der Waals surface area contributed by atoms with Crippen LogP contribution in [0.5, 0.6) is 0 Å². The van der Waals surface area contributed by atoms with E-state index in [2.05, 4.69) is 79.7 Å². The van der Waals surface area contributed by atoms with Gasteiger partial charge in [-0.1, -0.05) is 79.7 Å². The Hall–Kier alpha value is -1.56. The Kier molecular flexibility index (Phi) is 3.73. The van der Waals surface area contributed by atoms with Crippen LogP contribution in [0.1, 0.15) is 114 Å². The fraction of sp³-hybridized carbons (Fsp3) is 0.586. The first-order valence-corrected chi connectivity index (χ1v) is 11.7. The summed E-state index contributed by atoms with van der Waals surface area (Å²) in [4.78, 5) is 0. The van der Waals surface area contributed by atoms with Crippen LogP contribution in [-0.4, -0.2) is 0 Å². The lowest BCUT2D eigenvalue weighted by atomic mass is 9.59. The average molecular weight is 387 g/mol. The van der Waals surface area contributed by atoms with Crippen LogP contribution in [0.3, 0.4) is 0 Å². The summed E-state index contributed by atoms with van der Waals surface area (Å²) in [6.45, 7) is 19.8. The van der Waals surface area contributed by atoms with Crippen molar-refractivity contribution >= 4 is 0 Å². The molecule has 3 aliphatic rings. The molecule has 0 unspecified atom stereocenters. The predicted octanol–water partition coefficient (Wildman–Crippen LogP) is 7.96. The van der Waals surface area contributed by atoms with E-state index in [1.54, 1.807) is 44.5 Å². The van der Waals surface area contributed by atoms with Crippen LogP contribution in [0.15, 0.2) is 24.3 Å². The first-order valence-electron chi connectivity index (χ1n) is 11.7. The molecule has 5 rings (SSSR count). The van der Waals surface area contributed by atoms with Crippen LogP contribution in [-0.2, 0) is 28.1 Å². The van der Waals surface area contributed by atoms with Gasteiger partial charge < -0.3 is 0 Å². The summed E-state index contributed by atoms with van der Waals surface area (Å²) < 4.78 is 0. The predicted molar refractivity (Wildman–Crippen MR) is 125 cm³/mol. The first-order chi connectivity index (χ1) is 13.4. The van der Waals surface area contributed by atoms with Gasteiger partial charge in [0.15, 0.2) is 0 Å². The summed E-state index contributed by atoms with van der Waals surface area (Å²) in [5.41, 5.74) is 13.9. The van der Waals surface area contributed by atoms with Crippen molar-refractivity contribution in [1.29, 1.82) is 0 Å². The zero-order valence-corrected chi connectivity index (χ0v) is 19.8. The molecule has 0 aliphatic heterocycles. The van der Waals surface area contributed by atoms with E-state index in [-0.39, 0.29) is 21.7 Å². The van der Waals surface area contributed by atoms with Gasteiger partial charge >= 0.3 is 0 Å². The van der Waals surface area contributed by atoms with Crippen LogP contribution >= 0.6 is 0 Å². The summed E-state index contributed by atoms with van der Waals surface area (Å²) >= 11 is 0. The van der Waals surface area contributed by atoms with E-state index in [9.17, 15) is 0 Å². The van der Waals surface area contributed by atoms with Crippen molar-refractivity contribution in [3.8, 4) is 11.1 Å². The third-order valence-electron chi connectivity index (χ3n) is 8.78. The molecule has 3 aliphatic carbocycles. The second-order valence-electron chi connectivity index (χ2n) is 12.8. The molecule has 2 aromatic rings. The van der Waals surface area contributed by atoms with Gasteiger partial charge in [0.05, 0.1) is 0 Å². The molecule has 0 aromatic heterocycles. The molecule has 2 aromatic carbocycles. The normalized spacial score (nSPS) is 24.3. The van der Waals surface area contributed by atoms with E-state index in [0.29, 0.717) is 0 Å². The van der Waals surface area contributed by atoms with Crippen LogP contribution in [0, 0.1) is 0 Å².